The fourth-order valence-corrected chi connectivity index (χ4v) is 2.34. The Kier molecular flexibility index (Phi) is 7.17. The maximum Gasteiger partial charge on any atom is 0.329 e. The van der Waals surface area contributed by atoms with Crippen LogP contribution in [0.15, 0.2) is 53.7 Å². The molecule has 26 heavy (non-hydrogen) atoms. The number of rotatable bonds is 7. The summed E-state index contributed by atoms with van der Waals surface area (Å²) in [7, 11) is 3.53. The summed E-state index contributed by atoms with van der Waals surface area (Å²) in [5.41, 5.74) is 7.63. The molecule has 0 aromatic heterocycles. The highest BCUT2D eigenvalue weighted by Gasteiger charge is 2.06. The van der Waals surface area contributed by atoms with E-state index in [1.54, 1.807) is 19.1 Å². The second-order valence-corrected chi connectivity index (χ2v) is 6.27. The summed E-state index contributed by atoms with van der Waals surface area (Å²) in [6, 6.07) is 15.7. The molecule has 0 radical (unpaired) electrons. The number of aryl methyl sites for hydroxylation is 1. The highest BCUT2D eigenvalue weighted by Crippen LogP contribution is 2.13. The number of hydrazine groups is 1. The molecule has 2 aromatic carbocycles. The van der Waals surface area contributed by atoms with Gasteiger partial charge in [0.1, 0.15) is 6.61 Å². The molecule has 0 fully saturated rings. The predicted molar refractivity (Wildman–Crippen MR) is 104 cm³/mol. The van der Waals surface area contributed by atoms with Gasteiger partial charge in [0.15, 0.2) is 0 Å². The second-order valence-electron chi connectivity index (χ2n) is 6.27. The number of amides is 2. The monoisotopic (exact) mass is 354 g/mol. The molecule has 0 aliphatic rings. The Bertz CT molecular complexity index is 758. The Morgan fingerprint density at radius 2 is 1.88 bits per heavy atom. The third-order valence-electron chi connectivity index (χ3n) is 3.81. The van der Waals surface area contributed by atoms with Crippen LogP contribution in [-0.4, -0.2) is 30.8 Å². The van der Waals surface area contributed by atoms with Crippen LogP contribution in [0.25, 0.3) is 0 Å². The van der Waals surface area contributed by atoms with Gasteiger partial charge < -0.3 is 10.2 Å². The first kappa shape index (κ1) is 19.5. The zero-order chi connectivity index (χ0) is 18.9. The molecule has 0 bridgehead atoms. The van der Waals surface area contributed by atoms with Gasteiger partial charge >= 0.3 is 6.03 Å². The van der Waals surface area contributed by atoms with E-state index < -0.39 is 0 Å². The van der Waals surface area contributed by atoms with Crippen molar-refractivity contribution in [2.24, 2.45) is 5.16 Å². The third-order valence-corrected chi connectivity index (χ3v) is 3.81. The third kappa shape index (κ3) is 6.22. The summed E-state index contributed by atoms with van der Waals surface area (Å²) in [6.07, 6.45) is 0. The Balaban J connectivity index is 1.98. The van der Waals surface area contributed by atoms with E-state index >= 15 is 0 Å². The minimum atomic E-state index is -0.239. The molecule has 2 rings (SSSR count). The topological polar surface area (TPSA) is 66.0 Å². The maximum absolute atomic E-state index is 11.7. The van der Waals surface area contributed by atoms with Gasteiger partial charge in [-0.15, -0.1) is 0 Å². The smallest absolute Gasteiger partial charge is 0.329 e. The van der Waals surface area contributed by atoms with Crippen molar-refractivity contribution in [3.63, 3.8) is 0 Å². The molecule has 0 spiro atoms. The maximum atomic E-state index is 11.7. The molecule has 6 nitrogen and oxygen atoms in total. The Hall–Kier alpha value is -2.86. The molecule has 6 heteroatoms. The average molecular weight is 354 g/mol. The molecule has 0 saturated heterocycles. The van der Waals surface area contributed by atoms with E-state index in [-0.39, 0.29) is 6.03 Å². The van der Waals surface area contributed by atoms with E-state index in [2.05, 4.69) is 15.9 Å². The van der Waals surface area contributed by atoms with Crippen LogP contribution < -0.4 is 10.7 Å². The van der Waals surface area contributed by atoms with E-state index in [0.29, 0.717) is 13.2 Å². The van der Waals surface area contributed by atoms with Crippen molar-refractivity contribution < 1.29 is 9.63 Å². The summed E-state index contributed by atoms with van der Waals surface area (Å²) in [6.45, 7) is 4.80. The van der Waals surface area contributed by atoms with Crippen LogP contribution in [0, 0.1) is 6.92 Å². The molecule has 0 aliphatic heterocycles. The van der Waals surface area contributed by atoms with Crippen molar-refractivity contribution in [1.29, 1.82) is 0 Å². The van der Waals surface area contributed by atoms with Crippen molar-refractivity contribution in [2.75, 3.05) is 14.1 Å². The molecule has 0 atom stereocenters. The van der Waals surface area contributed by atoms with Gasteiger partial charge in [0.05, 0.1) is 5.71 Å². The number of hydrogen-bond donors (Lipinski definition) is 2. The quantitative estimate of drug-likeness (QED) is 0.593. The van der Waals surface area contributed by atoms with Gasteiger partial charge in [-0.25, -0.2) is 9.80 Å². The van der Waals surface area contributed by atoms with Crippen molar-refractivity contribution in [3.8, 4) is 0 Å². The van der Waals surface area contributed by atoms with Gasteiger partial charge in [0.2, 0.25) is 0 Å². The number of carbonyl (C=O) groups is 1. The van der Waals surface area contributed by atoms with Gasteiger partial charge in [0.25, 0.3) is 0 Å². The van der Waals surface area contributed by atoms with Crippen LogP contribution in [0.3, 0.4) is 0 Å². The molecule has 138 valence electrons. The molecule has 0 saturated carbocycles. The standard InChI is InChI=1S/C20H26N4O2/c1-15-10-11-18(12-19(15)13-21-20(25)22-24(3)4)16(2)23-26-14-17-8-6-5-7-9-17/h5-12H,13-14H2,1-4H3,(H2,21,22,25). The lowest BCUT2D eigenvalue weighted by molar-refractivity contribution is 0.130. The lowest BCUT2D eigenvalue weighted by Gasteiger charge is -2.14. The number of hydrogen-bond acceptors (Lipinski definition) is 4. The number of nitrogens with one attached hydrogen (secondary N) is 2. The number of urea groups is 1. The zero-order valence-corrected chi connectivity index (χ0v) is 15.7. The summed E-state index contributed by atoms with van der Waals surface area (Å²) in [5.74, 6) is 0. The van der Waals surface area contributed by atoms with Crippen LogP contribution in [0.1, 0.15) is 29.2 Å². The minimum Gasteiger partial charge on any atom is -0.391 e. The fourth-order valence-electron chi connectivity index (χ4n) is 2.34. The van der Waals surface area contributed by atoms with Crippen LogP contribution >= 0.6 is 0 Å². The number of nitrogens with zero attached hydrogens (tertiary/aromatic N) is 2. The normalized spacial score (nSPS) is 11.3. The first-order valence-corrected chi connectivity index (χ1v) is 8.48. The molecule has 0 aliphatic carbocycles. The fraction of sp³-hybridized carbons (Fsp3) is 0.300. The minimum absolute atomic E-state index is 0.239. The van der Waals surface area contributed by atoms with E-state index in [1.165, 1.54) is 0 Å². The first-order valence-electron chi connectivity index (χ1n) is 8.48. The second kappa shape index (κ2) is 9.58. The summed E-state index contributed by atoms with van der Waals surface area (Å²) < 4.78 is 0. The average Bonchev–Trinajstić information content (AvgIpc) is 2.61. The first-order chi connectivity index (χ1) is 12.5. The summed E-state index contributed by atoms with van der Waals surface area (Å²) in [5, 5.41) is 8.64. The van der Waals surface area contributed by atoms with Gasteiger partial charge in [-0.3, -0.25) is 5.43 Å². The van der Waals surface area contributed by atoms with Crippen LogP contribution in [0.5, 0.6) is 0 Å². The molecule has 2 N–H and O–H groups in total. The molecule has 2 amide bonds. The van der Waals surface area contributed by atoms with E-state index in [9.17, 15) is 4.79 Å². The number of carbonyl (C=O) groups excluding carboxylic acids is 1. The zero-order valence-electron chi connectivity index (χ0n) is 15.7. The number of oxime groups is 1. The molecular weight excluding hydrogens is 328 g/mol. The summed E-state index contributed by atoms with van der Waals surface area (Å²) in [4.78, 5) is 17.2. The summed E-state index contributed by atoms with van der Waals surface area (Å²) >= 11 is 0. The predicted octanol–water partition coefficient (Wildman–Crippen LogP) is 3.21. The van der Waals surface area contributed by atoms with Crippen LogP contribution in [0.4, 0.5) is 4.79 Å². The van der Waals surface area contributed by atoms with Crippen molar-refractivity contribution in [3.05, 3.63) is 70.8 Å². The Morgan fingerprint density at radius 3 is 2.58 bits per heavy atom. The highest BCUT2D eigenvalue weighted by atomic mass is 16.6. The van der Waals surface area contributed by atoms with Gasteiger partial charge in [-0.1, -0.05) is 47.6 Å². The van der Waals surface area contributed by atoms with Crippen molar-refractivity contribution in [2.45, 2.75) is 27.0 Å². The van der Waals surface area contributed by atoms with Gasteiger partial charge in [-0.05, 0) is 42.2 Å². The Labute approximate surface area is 154 Å². The van der Waals surface area contributed by atoms with Gasteiger partial charge in [-0.2, -0.15) is 0 Å². The molecular formula is C20H26N4O2. The van der Waals surface area contributed by atoms with Gasteiger partial charge in [0, 0.05) is 20.6 Å². The Morgan fingerprint density at radius 1 is 1.15 bits per heavy atom. The van der Waals surface area contributed by atoms with E-state index in [4.69, 9.17) is 4.84 Å². The largest absolute Gasteiger partial charge is 0.391 e. The van der Waals surface area contributed by atoms with Crippen LogP contribution in [-0.2, 0) is 18.0 Å². The molecule has 2 aromatic rings. The molecule has 0 heterocycles. The lowest BCUT2D eigenvalue weighted by Crippen LogP contribution is -2.43. The van der Waals surface area contributed by atoms with Crippen LogP contribution in [0.2, 0.25) is 0 Å². The van der Waals surface area contributed by atoms with Crippen molar-refractivity contribution in [1.82, 2.24) is 15.8 Å². The molecule has 0 unspecified atom stereocenters. The highest BCUT2D eigenvalue weighted by molar-refractivity contribution is 5.98. The SMILES string of the molecule is CC(=NOCc1ccccc1)c1ccc(C)c(CNC(=O)NN(C)C)c1. The van der Waals surface area contributed by atoms with E-state index in [1.807, 2.05) is 62.4 Å². The van der Waals surface area contributed by atoms with E-state index in [0.717, 1.165) is 28.0 Å². The van der Waals surface area contributed by atoms with Crippen molar-refractivity contribution >= 4 is 11.7 Å². The lowest BCUT2D eigenvalue weighted by atomic mass is 10.0. The number of benzene rings is 2.